The summed E-state index contributed by atoms with van der Waals surface area (Å²) in [6.45, 7) is 8.00. The van der Waals surface area contributed by atoms with Gasteiger partial charge in [0.1, 0.15) is 0 Å². The normalized spacial score (nSPS) is 21.0. The van der Waals surface area contributed by atoms with Crippen LogP contribution in [0.25, 0.3) is 11.1 Å². The Morgan fingerprint density at radius 2 is 1.44 bits per heavy atom. The fraction of sp³-hybridized carbons (Fsp3) is 0.342. The number of benzene rings is 4. The maximum Gasteiger partial charge on any atom is 0.217 e. The molecule has 234 valence electrons. The van der Waals surface area contributed by atoms with Crippen LogP contribution in [-0.4, -0.2) is 59.6 Å². The van der Waals surface area contributed by atoms with Crippen molar-refractivity contribution >= 4 is 5.91 Å². The quantitative estimate of drug-likeness (QED) is 0.237. The molecule has 2 aliphatic heterocycles. The SMILES string of the molecule is CC(=O)NCc1cccc(-c2cccc(C3OC(CN4CCN(Cc5ccccc5)CC4)CC(c4ccc(CO)cc4)O3)c2)c1. The van der Waals surface area contributed by atoms with Crippen molar-refractivity contribution in [2.75, 3.05) is 32.7 Å². The number of amides is 1. The van der Waals surface area contributed by atoms with Gasteiger partial charge in [-0.25, -0.2) is 0 Å². The highest BCUT2D eigenvalue weighted by molar-refractivity contribution is 5.73. The molecule has 2 fully saturated rings. The van der Waals surface area contributed by atoms with Crippen LogP contribution in [-0.2, 0) is 34.0 Å². The van der Waals surface area contributed by atoms with Gasteiger partial charge in [0.25, 0.3) is 0 Å². The molecule has 7 heteroatoms. The molecular weight excluding hydrogens is 562 g/mol. The zero-order valence-corrected chi connectivity index (χ0v) is 26.0. The second kappa shape index (κ2) is 15.0. The third-order valence-corrected chi connectivity index (χ3v) is 8.75. The average molecular weight is 606 g/mol. The molecule has 1 amide bonds. The van der Waals surface area contributed by atoms with E-state index in [1.807, 2.05) is 24.3 Å². The zero-order valence-electron chi connectivity index (χ0n) is 26.0. The smallest absolute Gasteiger partial charge is 0.217 e. The molecule has 0 bridgehead atoms. The Labute approximate surface area is 266 Å². The Morgan fingerprint density at radius 3 is 2.18 bits per heavy atom. The van der Waals surface area contributed by atoms with Gasteiger partial charge in [0.15, 0.2) is 6.29 Å². The number of nitrogens with zero attached hydrogens (tertiary/aromatic N) is 2. The van der Waals surface area contributed by atoms with Crippen LogP contribution in [0, 0.1) is 0 Å². The maximum absolute atomic E-state index is 11.4. The minimum atomic E-state index is -0.506. The van der Waals surface area contributed by atoms with Gasteiger partial charge < -0.3 is 19.9 Å². The van der Waals surface area contributed by atoms with Crippen molar-refractivity contribution in [1.82, 2.24) is 15.1 Å². The van der Waals surface area contributed by atoms with E-state index in [4.69, 9.17) is 9.47 Å². The molecule has 2 saturated heterocycles. The Bertz CT molecular complexity index is 1540. The Balaban J connectivity index is 1.17. The number of carbonyl (C=O) groups excluding carboxylic acids is 1. The van der Waals surface area contributed by atoms with Gasteiger partial charge in [-0.3, -0.25) is 14.6 Å². The second-order valence-electron chi connectivity index (χ2n) is 12.1. The summed E-state index contributed by atoms with van der Waals surface area (Å²) in [6.07, 6.45) is 0.152. The van der Waals surface area contributed by atoms with Gasteiger partial charge in [0, 0.05) is 64.7 Å². The van der Waals surface area contributed by atoms with Gasteiger partial charge in [0.2, 0.25) is 5.91 Å². The summed E-state index contributed by atoms with van der Waals surface area (Å²) in [5, 5.41) is 12.5. The number of aliphatic hydroxyl groups excluding tert-OH is 1. The van der Waals surface area contributed by atoms with E-state index in [0.717, 1.165) is 79.1 Å². The van der Waals surface area contributed by atoms with Crippen LogP contribution >= 0.6 is 0 Å². The summed E-state index contributed by atoms with van der Waals surface area (Å²) in [7, 11) is 0. The first-order chi connectivity index (χ1) is 22.0. The Kier molecular flexibility index (Phi) is 10.4. The molecule has 3 unspecified atom stereocenters. The number of aliphatic hydroxyl groups is 1. The maximum atomic E-state index is 11.4. The van der Waals surface area contributed by atoms with Crippen molar-refractivity contribution in [3.63, 3.8) is 0 Å². The van der Waals surface area contributed by atoms with Crippen LogP contribution in [0.1, 0.15) is 53.6 Å². The summed E-state index contributed by atoms with van der Waals surface area (Å²) in [6, 6.07) is 35.4. The van der Waals surface area contributed by atoms with Crippen molar-refractivity contribution in [2.45, 2.75) is 51.5 Å². The molecule has 0 aromatic heterocycles. The molecule has 0 saturated carbocycles. The lowest BCUT2D eigenvalue weighted by Gasteiger charge is -2.41. The van der Waals surface area contributed by atoms with Crippen molar-refractivity contribution in [3.8, 4) is 11.1 Å². The van der Waals surface area contributed by atoms with Crippen LogP contribution in [0.3, 0.4) is 0 Å². The van der Waals surface area contributed by atoms with Gasteiger partial charge in [-0.05, 0) is 45.5 Å². The molecule has 0 aliphatic carbocycles. The Hall–Kier alpha value is -3.85. The highest BCUT2D eigenvalue weighted by Crippen LogP contribution is 2.39. The molecule has 6 rings (SSSR count). The zero-order chi connectivity index (χ0) is 31.0. The number of hydrogen-bond donors (Lipinski definition) is 2. The van der Waals surface area contributed by atoms with Crippen LogP contribution in [0.4, 0.5) is 0 Å². The molecular formula is C38H43N3O4. The minimum absolute atomic E-state index is 0.0107. The van der Waals surface area contributed by atoms with E-state index in [-0.39, 0.29) is 24.7 Å². The lowest BCUT2D eigenvalue weighted by molar-refractivity contribution is -0.253. The second-order valence-corrected chi connectivity index (χ2v) is 12.1. The molecule has 2 N–H and O–H groups in total. The Morgan fingerprint density at radius 1 is 0.756 bits per heavy atom. The van der Waals surface area contributed by atoms with E-state index in [1.165, 1.54) is 12.5 Å². The van der Waals surface area contributed by atoms with Gasteiger partial charge in [-0.2, -0.15) is 0 Å². The van der Waals surface area contributed by atoms with Crippen LogP contribution in [0.15, 0.2) is 103 Å². The van der Waals surface area contributed by atoms with E-state index in [2.05, 4.69) is 94.0 Å². The largest absolute Gasteiger partial charge is 0.392 e. The molecule has 7 nitrogen and oxygen atoms in total. The first-order valence-electron chi connectivity index (χ1n) is 16.0. The number of ether oxygens (including phenoxy) is 2. The molecule has 2 aliphatic rings. The van der Waals surface area contributed by atoms with E-state index in [0.29, 0.717) is 6.54 Å². The summed E-state index contributed by atoms with van der Waals surface area (Å²) >= 11 is 0. The molecule has 0 radical (unpaired) electrons. The van der Waals surface area contributed by atoms with Crippen LogP contribution < -0.4 is 5.32 Å². The summed E-state index contributed by atoms with van der Waals surface area (Å²) in [5.74, 6) is -0.0434. The van der Waals surface area contributed by atoms with Gasteiger partial charge in [0.05, 0.1) is 18.8 Å². The third-order valence-electron chi connectivity index (χ3n) is 8.75. The molecule has 4 aromatic carbocycles. The van der Waals surface area contributed by atoms with Gasteiger partial charge in [-0.15, -0.1) is 0 Å². The lowest BCUT2D eigenvalue weighted by Crippen LogP contribution is -2.49. The number of rotatable bonds is 10. The van der Waals surface area contributed by atoms with E-state index < -0.39 is 6.29 Å². The van der Waals surface area contributed by atoms with Crippen molar-refractivity contribution in [3.05, 3.63) is 131 Å². The fourth-order valence-corrected chi connectivity index (χ4v) is 6.24. The minimum Gasteiger partial charge on any atom is -0.392 e. The van der Waals surface area contributed by atoms with Crippen molar-refractivity contribution in [2.24, 2.45) is 0 Å². The third kappa shape index (κ3) is 8.45. The van der Waals surface area contributed by atoms with Gasteiger partial charge >= 0.3 is 0 Å². The predicted molar refractivity (Wildman–Crippen MR) is 176 cm³/mol. The molecule has 3 atom stereocenters. The molecule has 4 aromatic rings. The summed E-state index contributed by atoms with van der Waals surface area (Å²) in [5.41, 5.74) is 7.53. The first-order valence-corrected chi connectivity index (χ1v) is 16.0. The molecule has 2 heterocycles. The predicted octanol–water partition coefficient (Wildman–Crippen LogP) is 5.85. The van der Waals surface area contributed by atoms with Crippen molar-refractivity contribution < 1.29 is 19.4 Å². The van der Waals surface area contributed by atoms with E-state index in [9.17, 15) is 9.90 Å². The van der Waals surface area contributed by atoms with Crippen LogP contribution in [0.2, 0.25) is 0 Å². The number of hydrogen-bond acceptors (Lipinski definition) is 6. The lowest BCUT2D eigenvalue weighted by atomic mass is 9.98. The monoisotopic (exact) mass is 605 g/mol. The molecule has 0 spiro atoms. The first kappa shape index (κ1) is 31.1. The standard InChI is InChI=1S/C38H43N3O4/c1-28(43)39-24-31-9-5-10-33(21-31)34-11-6-12-35(22-34)38-44-36(23-37(45-38)32-15-13-30(27-42)14-16-32)26-41-19-17-40(18-20-41)25-29-7-3-2-4-8-29/h2-16,21-22,36-38,42H,17-20,23-27H2,1H3,(H,39,43). The van der Waals surface area contributed by atoms with Gasteiger partial charge in [-0.1, -0.05) is 91.0 Å². The topological polar surface area (TPSA) is 74.3 Å². The van der Waals surface area contributed by atoms with Crippen molar-refractivity contribution in [1.29, 1.82) is 0 Å². The van der Waals surface area contributed by atoms with Crippen LogP contribution in [0.5, 0.6) is 0 Å². The highest BCUT2D eigenvalue weighted by atomic mass is 16.7. The number of piperazine rings is 1. The summed E-state index contributed by atoms with van der Waals surface area (Å²) in [4.78, 5) is 16.5. The average Bonchev–Trinajstić information content (AvgIpc) is 3.09. The number of nitrogens with one attached hydrogen (secondary N) is 1. The number of carbonyl (C=O) groups is 1. The van der Waals surface area contributed by atoms with E-state index >= 15 is 0 Å². The molecule has 45 heavy (non-hydrogen) atoms. The highest BCUT2D eigenvalue weighted by Gasteiger charge is 2.34. The van der Waals surface area contributed by atoms with E-state index in [1.54, 1.807) is 0 Å². The fourth-order valence-electron chi connectivity index (χ4n) is 6.24. The summed E-state index contributed by atoms with van der Waals surface area (Å²) < 4.78 is 13.4.